The maximum atomic E-state index is 13.4. The largest absolute Gasteiger partial charge is 0.340 e. The Labute approximate surface area is 178 Å². The first-order valence-electron chi connectivity index (χ1n) is 10.7. The van der Waals surface area contributed by atoms with Gasteiger partial charge in [0.25, 0.3) is 0 Å². The van der Waals surface area contributed by atoms with Crippen LogP contribution >= 0.6 is 0 Å². The summed E-state index contributed by atoms with van der Waals surface area (Å²) in [5.41, 5.74) is 4.60. The van der Waals surface area contributed by atoms with E-state index in [1.165, 1.54) is 11.1 Å². The van der Waals surface area contributed by atoms with Gasteiger partial charge in [0.1, 0.15) is 0 Å². The molecule has 1 fully saturated rings. The Bertz CT molecular complexity index is 961. The summed E-state index contributed by atoms with van der Waals surface area (Å²) in [4.78, 5) is 26.2. The van der Waals surface area contributed by atoms with Gasteiger partial charge in [-0.25, -0.2) is 0 Å². The minimum atomic E-state index is -0.170. The van der Waals surface area contributed by atoms with E-state index in [4.69, 9.17) is 0 Å². The van der Waals surface area contributed by atoms with Crippen molar-refractivity contribution in [2.75, 3.05) is 19.6 Å². The lowest BCUT2D eigenvalue weighted by molar-refractivity contribution is -0.142. The molecular weight excluding hydrogens is 372 g/mol. The van der Waals surface area contributed by atoms with Crippen LogP contribution in [0.3, 0.4) is 0 Å². The zero-order valence-electron chi connectivity index (χ0n) is 17.4. The van der Waals surface area contributed by atoms with E-state index >= 15 is 0 Å². The summed E-state index contributed by atoms with van der Waals surface area (Å²) >= 11 is 0. The molecule has 0 unspecified atom stereocenters. The number of amides is 1. The number of hydrogen-bond donors (Lipinski definition) is 0. The van der Waals surface area contributed by atoms with Crippen LogP contribution in [-0.2, 0) is 17.8 Å². The number of aromatic nitrogens is 2. The Kier molecular flexibility index (Phi) is 6.50. The number of nitrogens with zero attached hydrogens (tertiary/aromatic N) is 4. The van der Waals surface area contributed by atoms with Gasteiger partial charge in [0.05, 0.1) is 6.04 Å². The molecule has 1 atom stereocenters. The lowest BCUT2D eigenvalue weighted by Crippen LogP contribution is -2.57. The topological polar surface area (TPSA) is 49.3 Å². The van der Waals surface area contributed by atoms with Crippen molar-refractivity contribution >= 4 is 5.91 Å². The Morgan fingerprint density at radius 1 is 0.967 bits per heavy atom. The van der Waals surface area contributed by atoms with Crippen LogP contribution in [0.1, 0.15) is 24.5 Å². The first-order chi connectivity index (χ1) is 14.8. The van der Waals surface area contributed by atoms with Crippen LogP contribution in [-0.4, -0.2) is 51.4 Å². The Balaban J connectivity index is 1.63. The molecule has 0 aliphatic carbocycles. The second-order valence-electron chi connectivity index (χ2n) is 7.77. The minimum absolute atomic E-state index is 0.170. The van der Waals surface area contributed by atoms with Crippen LogP contribution in [0.4, 0.5) is 0 Å². The molecule has 2 aromatic heterocycles. The van der Waals surface area contributed by atoms with Crippen molar-refractivity contribution in [1.29, 1.82) is 0 Å². The normalized spacial score (nSPS) is 17.3. The quantitative estimate of drug-likeness (QED) is 0.605. The van der Waals surface area contributed by atoms with Gasteiger partial charge in [-0.2, -0.15) is 0 Å². The van der Waals surface area contributed by atoms with Crippen molar-refractivity contribution in [1.82, 2.24) is 19.8 Å². The van der Waals surface area contributed by atoms with Gasteiger partial charge in [0, 0.05) is 56.5 Å². The van der Waals surface area contributed by atoms with Gasteiger partial charge in [0.2, 0.25) is 5.91 Å². The molecule has 4 rings (SSSR count). The summed E-state index contributed by atoms with van der Waals surface area (Å²) in [7, 11) is 0. The van der Waals surface area contributed by atoms with Crippen molar-refractivity contribution in [3.05, 3.63) is 84.4 Å². The SMILES string of the molecule is CCCN1CCN(Cc2ccncc2)[C@@H](Cc2ccccc2-c2cccnc2)C1=O. The number of rotatable bonds is 7. The van der Waals surface area contributed by atoms with Gasteiger partial charge < -0.3 is 4.90 Å². The first-order valence-corrected chi connectivity index (χ1v) is 10.7. The monoisotopic (exact) mass is 400 g/mol. The molecule has 5 heteroatoms. The number of pyridine rings is 2. The predicted octanol–water partition coefficient (Wildman–Crippen LogP) is 3.81. The van der Waals surface area contributed by atoms with Crippen LogP contribution in [0.2, 0.25) is 0 Å². The number of carbonyl (C=O) groups is 1. The Morgan fingerprint density at radius 3 is 2.57 bits per heavy atom. The third-order valence-corrected chi connectivity index (χ3v) is 5.73. The zero-order chi connectivity index (χ0) is 20.8. The van der Waals surface area contributed by atoms with Crippen LogP contribution < -0.4 is 0 Å². The predicted molar refractivity (Wildman–Crippen MR) is 119 cm³/mol. The smallest absolute Gasteiger partial charge is 0.240 e. The molecular formula is C25H28N4O. The summed E-state index contributed by atoms with van der Waals surface area (Å²) < 4.78 is 0. The maximum Gasteiger partial charge on any atom is 0.240 e. The molecule has 0 saturated carbocycles. The molecule has 1 aromatic carbocycles. The summed E-state index contributed by atoms with van der Waals surface area (Å²) in [6.07, 6.45) is 8.98. The number of hydrogen-bond acceptors (Lipinski definition) is 4. The highest BCUT2D eigenvalue weighted by molar-refractivity contribution is 5.83. The summed E-state index contributed by atoms with van der Waals surface area (Å²) in [5.74, 6) is 0.234. The molecule has 3 heterocycles. The van der Waals surface area contributed by atoms with E-state index in [-0.39, 0.29) is 11.9 Å². The first kappa shape index (κ1) is 20.2. The van der Waals surface area contributed by atoms with Gasteiger partial charge in [-0.05, 0) is 47.7 Å². The van der Waals surface area contributed by atoms with Crippen LogP contribution in [0.25, 0.3) is 11.1 Å². The molecule has 3 aromatic rings. The third kappa shape index (κ3) is 4.57. The minimum Gasteiger partial charge on any atom is -0.340 e. The molecule has 0 spiro atoms. The molecule has 0 N–H and O–H groups in total. The average Bonchev–Trinajstić information content (AvgIpc) is 2.80. The highest BCUT2D eigenvalue weighted by Crippen LogP contribution is 2.27. The molecule has 5 nitrogen and oxygen atoms in total. The second-order valence-corrected chi connectivity index (χ2v) is 7.77. The van der Waals surface area contributed by atoms with E-state index in [1.54, 1.807) is 6.20 Å². The van der Waals surface area contributed by atoms with Crippen molar-refractivity contribution in [2.45, 2.75) is 32.4 Å². The van der Waals surface area contributed by atoms with Crippen molar-refractivity contribution in [2.24, 2.45) is 0 Å². The van der Waals surface area contributed by atoms with Gasteiger partial charge in [0.15, 0.2) is 0 Å². The van der Waals surface area contributed by atoms with Gasteiger partial charge in [-0.15, -0.1) is 0 Å². The molecule has 0 bridgehead atoms. The Morgan fingerprint density at radius 2 is 1.80 bits per heavy atom. The van der Waals surface area contributed by atoms with Gasteiger partial charge in [-0.1, -0.05) is 37.3 Å². The fourth-order valence-corrected chi connectivity index (χ4v) is 4.21. The lowest BCUT2D eigenvalue weighted by atomic mass is 9.93. The van der Waals surface area contributed by atoms with E-state index in [1.807, 2.05) is 47.8 Å². The van der Waals surface area contributed by atoms with E-state index in [9.17, 15) is 4.79 Å². The molecule has 1 aliphatic heterocycles. The van der Waals surface area contributed by atoms with E-state index in [0.29, 0.717) is 6.42 Å². The van der Waals surface area contributed by atoms with Crippen molar-refractivity contribution in [3.63, 3.8) is 0 Å². The van der Waals surface area contributed by atoms with E-state index in [2.05, 4.69) is 46.1 Å². The molecule has 1 saturated heterocycles. The summed E-state index contributed by atoms with van der Waals surface area (Å²) in [6.45, 7) is 5.38. The van der Waals surface area contributed by atoms with E-state index in [0.717, 1.165) is 43.7 Å². The average molecular weight is 401 g/mol. The standard InChI is InChI=1S/C25H28N4O/c1-2-14-28-15-16-29(19-20-9-12-26-13-10-20)24(25(28)30)17-21-6-3-4-8-23(21)22-7-5-11-27-18-22/h3-13,18,24H,2,14-17,19H2,1H3/t24-/m0/s1. The Hall–Kier alpha value is -3.05. The third-order valence-electron chi connectivity index (χ3n) is 5.73. The van der Waals surface area contributed by atoms with Crippen LogP contribution in [0.15, 0.2) is 73.3 Å². The van der Waals surface area contributed by atoms with Gasteiger partial charge >= 0.3 is 0 Å². The second kappa shape index (κ2) is 9.63. The van der Waals surface area contributed by atoms with Crippen LogP contribution in [0.5, 0.6) is 0 Å². The molecule has 1 aliphatic rings. The number of benzene rings is 1. The van der Waals surface area contributed by atoms with E-state index < -0.39 is 0 Å². The maximum absolute atomic E-state index is 13.4. The molecule has 0 radical (unpaired) electrons. The number of carbonyl (C=O) groups excluding carboxylic acids is 1. The van der Waals surface area contributed by atoms with Gasteiger partial charge in [-0.3, -0.25) is 19.7 Å². The lowest BCUT2D eigenvalue weighted by Gasteiger charge is -2.41. The zero-order valence-corrected chi connectivity index (χ0v) is 17.4. The fourth-order valence-electron chi connectivity index (χ4n) is 4.21. The fraction of sp³-hybridized carbons (Fsp3) is 0.320. The van der Waals surface area contributed by atoms with Crippen LogP contribution in [0, 0.1) is 0 Å². The summed E-state index contributed by atoms with van der Waals surface area (Å²) in [5, 5.41) is 0. The highest BCUT2D eigenvalue weighted by atomic mass is 16.2. The van der Waals surface area contributed by atoms with Crippen molar-refractivity contribution in [3.8, 4) is 11.1 Å². The highest BCUT2D eigenvalue weighted by Gasteiger charge is 2.34. The summed E-state index contributed by atoms with van der Waals surface area (Å²) in [6, 6.07) is 16.3. The number of piperazine rings is 1. The van der Waals surface area contributed by atoms with Crippen molar-refractivity contribution < 1.29 is 4.79 Å². The molecule has 1 amide bonds. The molecule has 30 heavy (non-hydrogen) atoms. The molecule has 154 valence electrons.